The molecule has 6 N–H and O–H groups in total. The van der Waals surface area contributed by atoms with E-state index in [0.717, 1.165) is 61.2 Å². The molecule has 0 aromatic carbocycles. The first-order valence-electron chi connectivity index (χ1n) is 10.8. The number of rotatable bonds is 11. The minimum Gasteiger partial charge on any atom is -0.330 e. The molecule has 0 fully saturated rings. The zero-order valence-electron chi connectivity index (χ0n) is 17.6. The van der Waals surface area contributed by atoms with E-state index in [9.17, 15) is 0 Å². The van der Waals surface area contributed by atoms with E-state index < -0.39 is 0 Å². The van der Waals surface area contributed by atoms with E-state index in [1.54, 1.807) is 6.20 Å². The molecule has 0 saturated carbocycles. The molecule has 0 unspecified atom stereocenters. The van der Waals surface area contributed by atoms with Crippen LogP contribution in [0.15, 0.2) is 48.9 Å². The summed E-state index contributed by atoms with van der Waals surface area (Å²) in [5, 5.41) is 0. The van der Waals surface area contributed by atoms with E-state index in [1.807, 2.05) is 36.7 Å². The van der Waals surface area contributed by atoms with Crippen LogP contribution in [0.25, 0.3) is 22.6 Å². The Morgan fingerprint density at radius 3 is 2.03 bits per heavy atom. The van der Waals surface area contributed by atoms with Crippen molar-refractivity contribution in [2.75, 3.05) is 19.6 Å². The van der Waals surface area contributed by atoms with Crippen LogP contribution < -0.4 is 17.2 Å². The van der Waals surface area contributed by atoms with Crippen molar-refractivity contribution in [1.82, 2.24) is 15.0 Å². The van der Waals surface area contributed by atoms with Crippen LogP contribution in [0.1, 0.15) is 36.0 Å². The fraction of sp³-hybridized carbons (Fsp3) is 0.375. The van der Waals surface area contributed by atoms with Crippen molar-refractivity contribution in [3.05, 3.63) is 65.6 Å². The number of pyridine rings is 3. The Labute approximate surface area is 179 Å². The summed E-state index contributed by atoms with van der Waals surface area (Å²) < 4.78 is 0. The van der Waals surface area contributed by atoms with E-state index in [1.165, 1.54) is 16.7 Å². The molecule has 6 heteroatoms. The van der Waals surface area contributed by atoms with Gasteiger partial charge in [0.15, 0.2) is 0 Å². The van der Waals surface area contributed by atoms with Gasteiger partial charge in [0.05, 0.1) is 17.1 Å². The van der Waals surface area contributed by atoms with E-state index in [0.29, 0.717) is 19.6 Å². The fourth-order valence-electron chi connectivity index (χ4n) is 3.81. The molecule has 0 spiro atoms. The highest BCUT2D eigenvalue weighted by atomic mass is 14.8. The molecule has 0 aliphatic carbocycles. The van der Waals surface area contributed by atoms with Crippen molar-refractivity contribution >= 4 is 0 Å². The van der Waals surface area contributed by atoms with Gasteiger partial charge in [-0.05, 0) is 99.1 Å². The van der Waals surface area contributed by atoms with Gasteiger partial charge in [0, 0.05) is 24.2 Å². The van der Waals surface area contributed by atoms with Gasteiger partial charge in [-0.25, -0.2) is 0 Å². The molecule has 0 bridgehead atoms. The minimum atomic E-state index is 0.637. The van der Waals surface area contributed by atoms with Gasteiger partial charge in [-0.15, -0.1) is 0 Å². The quantitative estimate of drug-likeness (QED) is 0.452. The SMILES string of the molecule is NCCCc1cnc(-c2ncccc2-c2ccccn2)c(CCCN)c1CCCN. The summed E-state index contributed by atoms with van der Waals surface area (Å²) in [6, 6.07) is 9.91. The molecule has 3 rings (SSSR count). The maximum Gasteiger partial charge on any atom is 0.0982 e. The van der Waals surface area contributed by atoms with Crippen molar-refractivity contribution in [1.29, 1.82) is 0 Å². The number of hydrogen-bond donors (Lipinski definition) is 3. The fourth-order valence-corrected chi connectivity index (χ4v) is 3.81. The minimum absolute atomic E-state index is 0.637. The molecule has 0 aliphatic rings. The lowest BCUT2D eigenvalue weighted by atomic mass is 9.90. The van der Waals surface area contributed by atoms with Gasteiger partial charge in [0.25, 0.3) is 0 Å². The van der Waals surface area contributed by atoms with Gasteiger partial charge in [0.2, 0.25) is 0 Å². The first-order chi connectivity index (χ1) is 14.8. The van der Waals surface area contributed by atoms with E-state index in [4.69, 9.17) is 27.2 Å². The summed E-state index contributed by atoms with van der Waals surface area (Å²) in [5.74, 6) is 0. The van der Waals surface area contributed by atoms with Gasteiger partial charge in [-0.1, -0.05) is 6.07 Å². The second-order valence-electron chi connectivity index (χ2n) is 7.38. The van der Waals surface area contributed by atoms with Crippen LogP contribution >= 0.6 is 0 Å². The zero-order valence-corrected chi connectivity index (χ0v) is 17.6. The standard InChI is InChI=1S/C24H32N6/c25-12-3-7-18-17-30-23(20(9-5-14-27)19(18)8-4-13-26)24-21(10-6-16-29-24)22-11-1-2-15-28-22/h1-2,6,10-11,15-17H,3-5,7-9,12-14,25-27H2. The third kappa shape index (κ3) is 5.27. The Bertz CT molecular complexity index is 926. The van der Waals surface area contributed by atoms with Crippen LogP contribution in [0.3, 0.4) is 0 Å². The van der Waals surface area contributed by atoms with Gasteiger partial charge in [0.1, 0.15) is 0 Å². The van der Waals surface area contributed by atoms with Gasteiger partial charge in [-0.3, -0.25) is 15.0 Å². The predicted octanol–water partition coefficient (Wildman–Crippen LogP) is 2.88. The van der Waals surface area contributed by atoms with Crippen molar-refractivity contribution in [3.8, 4) is 22.6 Å². The van der Waals surface area contributed by atoms with Crippen LogP contribution in [-0.2, 0) is 19.3 Å². The summed E-state index contributed by atoms with van der Waals surface area (Å²) >= 11 is 0. The summed E-state index contributed by atoms with van der Waals surface area (Å²) in [5.41, 5.74) is 25.0. The van der Waals surface area contributed by atoms with E-state index in [2.05, 4.69) is 11.1 Å². The molecule has 30 heavy (non-hydrogen) atoms. The maximum atomic E-state index is 5.87. The molecule has 0 atom stereocenters. The third-order valence-electron chi connectivity index (χ3n) is 5.27. The van der Waals surface area contributed by atoms with Crippen LogP contribution in [0.5, 0.6) is 0 Å². The predicted molar refractivity (Wildman–Crippen MR) is 123 cm³/mol. The molecule has 6 nitrogen and oxygen atoms in total. The van der Waals surface area contributed by atoms with Gasteiger partial charge >= 0.3 is 0 Å². The van der Waals surface area contributed by atoms with Crippen molar-refractivity contribution < 1.29 is 0 Å². The molecule has 0 aliphatic heterocycles. The van der Waals surface area contributed by atoms with E-state index in [-0.39, 0.29) is 0 Å². The average Bonchev–Trinajstić information content (AvgIpc) is 2.80. The second-order valence-corrected chi connectivity index (χ2v) is 7.38. The highest BCUT2D eigenvalue weighted by Gasteiger charge is 2.19. The lowest BCUT2D eigenvalue weighted by Crippen LogP contribution is -2.12. The summed E-state index contributed by atoms with van der Waals surface area (Å²) in [6.45, 7) is 1.96. The number of nitrogens with zero attached hydrogens (tertiary/aromatic N) is 3. The second kappa shape index (κ2) is 11.5. The van der Waals surface area contributed by atoms with Gasteiger partial charge < -0.3 is 17.2 Å². The number of aryl methyl sites for hydroxylation is 1. The monoisotopic (exact) mass is 404 g/mol. The Hall–Kier alpha value is -2.67. The van der Waals surface area contributed by atoms with Crippen molar-refractivity contribution in [2.24, 2.45) is 17.2 Å². The summed E-state index contributed by atoms with van der Waals surface area (Å²) in [4.78, 5) is 14.2. The molecule has 0 amide bonds. The molecule has 3 heterocycles. The van der Waals surface area contributed by atoms with Crippen LogP contribution in [0.4, 0.5) is 0 Å². The first kappa shape index (κ1) is 22.0. The molecular formula is C24H32N6. The smallest absolute Gasteiger partial charge is 0.0982 e. The highest BCUT2D eigenvalue weighted by molar-refractivity contribution is 5.79. The van der Waals surface area contributed by atoms with E-state index >= 15 is 0 Å². The summed E-state index contributed by atoms with van der Waals surface area (Å²) in [7, 11) is 0. The highest BCUT2D eigenvalue weighted by Crippen LogP contribution is 2.33. The lowest BCUT2D eigenvalue weighted by Gasteiger charge is -2.19. The largest absolute Gasteiger partial charge is 0.330 e. The molecular weight excluding hydrogens is 372 g/mol. The first-order valence-corrected chi connectivity index (χ1v) is 10.8. The third-order valence-corrected chi connectivity index (χ3v) is 5.27. The van der Waals surface area contributed by atoms with Crippen molar-refractivity contribution in [3.63, 3.8) is 0 Å². The average molecular weight is 405 g/mol. The number of nitrogens with two attached hydrogens (primary N) is 3. The normalized spacial score (nSPS) is 11.0. The molecule has 158 valence electrons. The van der Waals surface area contributed by atoms with Crippen LogP contribution in [0, 0.1) is 0 Å². The molecule has 3 aromatic heterocycles. The Morgan fingerprint density at radius 1 is 0.633 bits per heavy atom. The Balaban J connectivity index is 2.17. The number of hydrogen-bond acceptors (Lipinski definition) is 6. The summed E-state index contributed by atoms with van der Waals surface area (Å²) in [6.07, 6.45) is 11.1. The molecule has 0 radical (unpaired) electrons. The number of aromatic nitrogens is 3. The lowest BCUT2D eigenvalue weighted by molar-refractivity contribution is 0.760. The molecule has 3 aromatic rings. The van der Waals surface area contributed by atoms with Crippen LogP contribution in [0.2, 0.25) is 0 Å². The Morgan fingerprint density at radius 2 is 1.33 bits per heavy atom. The van der Waals surface area contributed by atoms with Gasteiger partial charge in [-0.2, -0.15) is 0 Å². The maximum absolute atomic E-state index is 5.87. The topological polar surface area (TPSA) is 117 Å². The Kier molecular flexibility index (Phi) is 8.44. The van der Waals surface area contributed by atoms with Crippen LogP contribution in [-0.4, -0.2) is 34.6 Å². The zero-order chi connectivity index (χ0) is 21.2. The van der Waals surface area contributed by atoms with Crippen molar-refractivity contribution in [2.45, 2.75) is 38.5 Å². The molecule has 0 saturated heterocycles.